The predicted molar refractivity (Wildman–Crippen MR) is 93.4 cm³/mol. The largest absolute Gasteiger partial charge is 0.481 e. The van der Waals surface area contributed by atoms with Crippen molar-refractivity contribution in [2.75, 3.05) is 18.6 Å². The quantitative estimate of drug-likeness (QED) is 0.741. The summed E-state index contributed by atoms with van der Waals surface area (Å²) in [6, 6.07) is 8.20. The van der Waals surface area contributed by atoms with Crippen molar-refractivity contribution in [3.63, 3.8) is 0 Å². The van der Waals surface area contributed by atoms with E-state index >= 15 is 0 Å². The van der Waals surface area contributed by atoms with Crippen molar-refractivity contribution < 1.29 is 4.74 Å². The molecule has 6 heteroatoms. The molecule has 0 amide bonds. The van der Waals surface area contributed by atoms with Crippen molar-refractivity contribution in [2.45, 2.75) is 25.8 Å². The Balaban J connectivity index is 1.77. The van der Waals surface area contributed by atoms with E-state index in [9.17, 15) is 0 Å². The minimum atomic E-state index is 0.226. The summed E-state index contributed by atoms with van der Waals surface area (Å²) in [4.78, 5) is 11.7. The van der Waals surface area contributed by atoms with Crippen LogP contribution in [0.25, 0.3) is 11.0 Å². The lowest BCUT2D eigenvalue weighted by molar-refractivity contribution is 0.366. The first-order valence-corrected chi connectivity index (χ1v) is 8.25. The minimum absolute atomic E-state index is 0.226. The molecule has 0 spiro atoms. The monoisotopic (exact) mass is 323 g/mol. The predicted octanol–water partition coefficient (Wildman–Crippen LogP) is 3.02. The van der Waals surface area contributed by atoms with E-state index in [0.717, 1.165) is 53.4 Å². The third kappa shape index (κ3) is 2.29. The van der Waals surface area contributed by atoms with Crippen LogP contribution in [0.2, 0.25) is 0 Å². The van der Waals surface area contributed by atoms with E-state index in [-0.39, 0.29) is 6.04 Å². The fourth-order valence-electron chi connectivity index (χ4n) is 3.71. The second-order valence-corrected chi connectivity index (χ2v) is 6.20. The Morgan fingerprint density at radius 1 is 1.21 bits per heavy atom. The zero-order valence-corrected chi connectivity index (χ0v) is 14.2. The summed E-state index contributed by atoms with van der Waals surface area (Å²) in [5.74, 6) is 1.75. The molecule has 24 heavy (non-hydrogen) atoms. The normalized spacial score (nSPS) is 17.6. The zero-order chi connectivity index (χ0) is 16.7. The first-order chi connectivity index (χ1) is 11.7. The van der Waals surface area contributed by atoms with Gasteiger partial charge in [-0.05, 0) is 31.9 Å². The smallest absolute Gasteiger partial charge is 0.216 e. The van der Waals surface area contributed by atoms with Gasteiger partial charge in [0, 0.05) is 13.6 Å². The highest BCUT2D eigenvalue weighted by Crippen LogP contribution is 2.40. The number of rotatable bonds is 3. The molecular weight excluding hydrogens is 302 g/mol. The highest BCUT2D eigenvalue weighted by atomic mass is 16.5. The van der Waals surface area contributed by atoms with Crippen LogP contribution >= 0.6 is 0 Å². The Hall–Kier alpha value is -2.63. The number of aryl methyl sites for hydroxylation is 2. The maximum atomic E-state index is 5.60. The van der Waals surface area contributed by atoms with Crippen LogP contribution in [-0.2, 0) is 7.05 Å². The van der Waals surface area contributed by atoms with Crippen LogP contribution in [0.1, 0.15) is 30.1 Å². The molecule has 1 aliphatic heterocycles. The summed E-state index contributed by atoms with van der Waals surface area (Å²) in [7, 11) is 3.62. The van der Waals surface area contributed by atoms with Gasteiger partial charge in [0.1, 0.15) is 5.82 Å². The van der Waals surface area contributed by atoms with Crippen molar-refractivity contribution in [3.05, 3.63) is 41.7 Å². The third-order valence-corrected chi connectivity index (χ3v) is 4.72. The van der Waals surface area contributed by atoms with E-state index in [2.05, 4.69) is 15.0 Å². The number of para-hydroxylation sites is 2. The van der Waals surface area contributed by atoms with Gasteiger partial charge in [0.15, 0.2) is 0 Å². The Kier molecular flexibility index (Phi) is 3.59. The standard InChI is InChI=1S/C18H21N5O/c1-12-17(18(24-3)22(2)21-12)15-9-6-10-23(15)16-11-19-13-7-4-5-8-14(13)20-16/h4-5,7-8,11,15H,6,9-10H2,1-3H3. The molecule has 2 aromatic heterocycles. The highest BCUT2D eigenvalue weighted by molar-refractivity contribution is 5.75. The lowest BCUT2D eigenvalue weighted by atomic mass is 10.1. The van der Waals surface area contributed by atoms with E-state index in [0.29, 0.717) is 0 Å². The minimum Gasteiger partial charge on any atom is -0.481 e. The number of ether oxygens (including phenoxy) is 1. The van der Waals surface area contributed by atoms with Gasteiger partial charge in [-0.25, -0.2) is 9.67 Å². The van der Waals surface area contributed by atoms with E-state index in [1.807, 2.05) is 49.1 Å². The molecule has 3 aromatic rings. The summed E-state index contributed by atoms with van der Waals surface area (Å²) in [5, 5.41) is 4.53. The molecule has 0 bridgehead atoms. The topological polar surface area (TPSA) is 56.1 Å². The average molecular weight is 323 g/mol. The van der Waals surface area contributed by atoms with Gasteiger partial charge in [-0.1, -0.05) is 12.1 Å². The summed E-state index contributed by atoms with van der Waals surface area (Å²) in [6.07, 6.45) is 4.06. The van der Waals surface area contributed by atoms with Crippen LogP contribution < -0.4 is 9.64 Å². The summed E-state index contributed by atoms with van der Waals surface area (Å²) >= 11 is 0. The van der Waals surface area contributed by atoms with Crippen LogP contribution in [0, 0.1) is 6.92 Å². The second kappa shape index (κ2) is 5.78. The maximum Gasteiger partial charge on any atom is 0.216 e. The summed E-state index contributed by atoms with van der Waals surface area (Å²) in [5.41, 5.74) is 4.02. The van der Waals surface area contributed by atoms with Crippen LogP contribution in [0.4, 0.5) is 5.82 Å². The number of benzene rings is 1. The van der Waals surface area contributed by atoms with Crippen molar-refractivity contribution in [2.24, 2.45) is 7.05 Å². The number of methoxy groups -OCH3 is 1. The molecule has 0 saturated carbocycles. The first kappa shape index (κ1) is 14.9. The van der Waals surface area contributed by atoms with Crippen LogP contribution in [0.3, 0.4) is 0 Å². The van der Waals surface area contributed by atoms with E-state index in [4.69, 9.17) is 9.72 Å². The molecule has 4 rings (SSSR count). The van der Waals surface area contributed by atoms with Gasteiger partial charge in [0.05, 0.1) is 41.6 Å². The third-order valence-electron chi connectivity index (χ3n) is 4.72. The molecule has 1 aromatic carbocycles. The second-order valence-electron chi connectivity index (χ2n) is 6.20. The molecule has 124 valence electrons. The molecule has 0 aliphatic carbocycles. The lowest BCUT2D eigenvalue weighted by Crippen LogP contribution is -2.24. The Labute approximate surface area is 141 Å². The number of hydrogen-bond acceptors (Lipinski definition) is 5. The molecule has 1 fully saturated rings. The van der Waals surface area contributed by atoms with Gasteiger partial charge in [-0.2, -0.15) is 5.10 Å². The van der Waals surface area contributed by atoms with Crippen LogP contribution in [-0.4, -0.2) is 33.4 Å². The lowest BCUT2D eigenvalue weighted by Gasteiger charge is -2.26. The van der Waals surface area contributed by atoms with Crippen LogP contribution in [0.5, 0.6) is 5.88 Å². The van der Waals surface area contributed by atoms with Gasteiger partial charge in [0.25, 0.3) is 0 Å². The van der Waals surface area contributed by atoms with E-state index in [1.165, 1.54) is 0 Å². The van der Waals surface area contributed by atoms with Crippen molar-refractivity contribution in [3.8, 4) is 5.88 Å². The van der Waals surface area contributed by atoms with Crippen molar-refractivity contribution in [1.29, 1.82) is 0 Å². The number of nitrogens with zero attached hydrogens (tertiary/aromatic N) is 5. The number of anilines is 1. The molecule has 3 heterocycles. The summed E-state index contributed by atoms with van der Waals surface area (Å²) < 4.78 is 7.41. The van der Waals surface area contributed by atoms with Gasteiger partial charge < -0.3 is 9.64 Å². The Morgan fingerprint density at radius 3 is 2.79 bits per heavy atom. The molecule has 1 atom stereocenters. The number of fused-ring (bicyclic) bond motifs is 1. The SMILES string of the molecule is COc1c(C2CCCN2c2cnc3ccccc3n2)c(C)nn1C. The molecular formula is C18H21N5O. The molecule has 6 nitrogen and oxygen atoms in total. The van der Waals surface area contributed by atoms with Gasteiger partial charge in [-0.3, -0.25) is 4.98 Å². The average Bonchev–Trinajstić information content (AvgIpc) is 3.17. The molecule has 1 unspecified atom stereocenters. The molecule has 0 N–H and O–H groups in total. The highest BCUT2D eigenvalue weighted by Gasteiger charge is 2.33. The van der Waals surface area contributed by atoms with Crippen molar-refractivity contribution in [1.82, 2.24) is 19.7 Å². The molecule has 1 aliphatic rings. The van der Waals surface area contributed by atoms with E-state index < -0.39 is 0 Å². The fraction of sp³-hybridized carbons (Fsp3) is 0.389. The molecule has 1 saturated heterocycles. The number of aromatic nitrogens is 4. The first-order valence-electron chi connectivity index (χ1n) is 8.25. The van der Waals surface area contributed by atoms with Crippen LogP contribution in [0.15, 0.2) is 30.5 Å². The Morgan fingerprint density at radius 2 is 2.00 bits per heavy atom. The fourth-order valence-corrected chi connectivity index (χ4v) is 3.71. The molecule has 0 radical (unpaired) electrons. The maximum absolute atomic E-state index is 5.60. The van der Waals surface area contributed by atoms with Crippen molar-refractivity contribution >= 4 is 16.9 Å². The van der Waals surface area contributed by atoms with Gasteiger partial charge in [0.2, 0.25) is 5.88 Å². The Bertz CT molecular complexity index is 888. The zero-order valence-electron chi connectivity index (χ0n) is 14.2. The van der Waals surface area contributed by atoms with E-state index in [1.54, 1.807) is 7.11 Å². The van der Waals surface area contributed by atoms with Gasteiger partial charge in [-0.15, -0.1) is 0 Å². The van der Waals surface area contributed by atoms with Gasteiger partial charge >= 0.3 is 0 Å². The number of hydrogen-bond donors (Lipinski definition) is 0. The summed E-state index contributed by atoms with van der Waals surface area (Å²) in [6.45, 7) is 3.01.